The van der Waals surface area contributed by atoms with Crippen LogP contribution in [0.3, 0.4) is 0 Å². The number of likely N-dealkylation sites (tertiary alicyclic amines) is 1. The van der Waals surface area contributed by atoms with Crippen LogP contribution in [0.2, 0.25) is 0 Å². The molecule has 6 heteroatoms. The van der Waals surface area contributed by atoms with E-state index in [4.69, 9.17) is 4.74 Å². The van der Waals surface area contributed by atoms with Crippen LogP contribution in [0.4, 0.5) is 0 Å². The van der Waals surface area contributed by atoms with Crippen molar-refractivity contribution in [3.8, 4) is 0 Å². The predicted octanol–water partition coefficient (Wildman–Crippen LogP) is 1.27. The van der Waals surface area contributed by atoms with E-state index in [1.807, 2.05) is 17.3 Å². The molecule has 0 aromatic carbocycles. The smallest absolute Gasteiger partial charge is 0.224 e. The fourth-order valence-corrected chi connectivity index (χ4v) is 3.38. The number of ether oxygens (including phenoxy) is 1. The molecule has 2 saturated heterocycles. The molecule has 0 saturated carbocycles. The molecule has 2 aliphatic heterocycles. The Morgan fingerprint density at radius 1 is 1.27 bits per heavy atom. The van der Waals surface area contributed by atoms with Gasteiger partial charge in [-0.3, -0.25) is 9.89 Å². The van der Waals surface area contributed by atoms with Gasteiger partial charge in [0.25, 0.3) is 0 Å². The molecule has 0 aliphatic carbocycles. The monoisotopic (exact) mass is 306 g/mol. The van der Waals surface area contributed by atoms with Gasteiger partial charge in [0.05, 0.1) is 25.3 Å². The van der Waals surface area contributed by atoms with Crippen LogP contribution in [-0.2, 0) is 9.53 Å². The summed E-state index contributed by atoms with van der Waals surface area (Å²) in [6, 6.07) is 0. The minimum atomic E-state index is 0.236. The maximum absolute atomic E-state index is 12.2. The van der Waals surface area contributed by atoms with Crippen molar-refractivity contribution in [3.05, 3.63) is 18.0 Å². The molecule has 122 valence electrons. The average molecular weight is 306 g/mol. The Kier molecular flexibility index (Phi) is 5.45. The van der Waals surface area contributed by atoms with Gasteiger partial charge in [0.15, 0.2) is 0 Å². The highest BCUT2D eigenvalue weighted by atomic mass is 16.5. The summed E-state index contributed by atoms with van der Waals surface area (Å²) in [4.78, 5) is 14.2. The molecule has 0 spiro atoms. The number of amides is 1. The zero-order valence-corrected chi connectivity index (χ0v) is 13.1. The first-order valence-corrected chi connectivity index (χ1v) is 8.41. The Morgan fingerprint density at radius 3 is 2.73 bits per heavy atom. The first-order chi connectivity index (χ1) is 10.8. The summed E-state index contributed by atoms with van der Waals surface area (Å²) in [6.45, 7) is 4.31. The molecule has 6 nitrogen and oxygen atoms in total. The minimum absolute atomic E-state index is 0.236. The fourth-order valence-electron chi connectivity index (χ4n) is 3.38. The van der Waals surface area contributed by atoms with Gasteiger partial charge in [0.2, 0.25) is 5.91 Å². The van der Waals surface area contributed by atoms with Gasteiger partial charge in [-0.05, 0) is 50.3 Å². The Labute approximate surface area is 131 Å². The molecular formula is C16H26N4O2. The van der Waals surface area contributed by atoms with Crippen LogP contribution in [0.5, 0.6) is 0 Å². The number of hydrogen-bond donors (Lipinski definition) is 2. The SMILES string of the molecule is O=C(CCOC1CCNCC1)N1CCC(c2cn[nH]c2)CC1. The van der Waals surface area contributed by atoms with Crippen molar-refractivity contribution in [2.45, 2.75) is 44.1 Å². The van der Waals surface area contributed by atoms with Crippen molar-refractivity contribution >= 4 is 5.91 Å². The van der Waals surface area contributed by atoms with Gasteiger partial charge >= 0.3 is 0 Å². The number of aromatic amines is 1. The third-order valence-electron chi connectivity index (χ3n) is 4.79. The van der Waals surface area contributed by atoms with E-state index in [-0.39, 0.29) is 5.91 Å². The molecule has 0 radical (unpaired) electrons. The number of aromatic nitrogens is 2. The van der Waals surface area contributed by atoms with Crippen molar-refractivity contribution in [1.82, 2.24) is 20.4 Å². The summed E-state index contributed by atoms with van der Waals surface area (Å²) in [5, 5.41) is 10.2. The summed E-state index contributed by atoms with van der Waals surface area (Å²) in [5.74, 6) is 0.772. The number of nitrogens with one attached hydrogen (secondary N) is 2. The van der Waals surface area contributed by atoms with Crippen molar-refractivity contribution in [2.24, 2.45) is 0 Å². The number of piperidine rings is 2. The van der Waals surface area contributed by atoms with Gasteiger partial charge in [-0.1, -0.05) is 0 Å². The Hall–Kier alpha value is -1.40. The van der Waals surface area contributed by atoms with E-state index in [1.54, 1.807) is 0 Å². The van der Waals surface area contributed by atoms with Crippen LogP contribution in [0.15, 0.2) is 12.4 Å². The lowest BCUT2D eigenvalue weighted by Gasteiger charge is -2.32. The second kappa shape index (κ2) is 7.74. The Balaban J connectivity index is 1.35. The topological polar surface area (TPSA) is 70.2 Å². The summed E-state index contributed by atoms with van der Waals surface area (Å²) >= 11 is 0. The van der Waals surface area contributed by atoms with Crippen LogP contribution in [-0.4, -0.2) is 59.9 Å². The van der Waals surface area contributed by atoms with Gasteiger partial charge in [0, 0.05) is 19.3 Å². The van der Waals surface area contributed by atoms with Crippen LogP contribution >= 0.6 is 0 Å². The zero-order valence-electron chi connectivity index (χ0n) is 13.1. The molecule has 1 aromatic heterocycles. The predicted molar refractivity (Wildman–Crippen MR) is 83.6 cm³/mol. The van der Waals surface area contributed by atoms with Gasteiger partial charge in [-0.2, -0.15) is 5.10 Å². The van der Waals surface area contributed by atoms with Crippen LogP contribution in [0.1, 0.15) is 43.6 Å². The number of hydrogen-bond acceptors (Lipinski definition) is 4. The highest BCUT2D eigenvalue weighted by Crippen LogP contribution is 2.27. The normalized spacial score (nSPS) is 21.2. The molecule has 2 aliphatic rings. The number of H-pyrrole nitrogens is 1. The van der Waals surface area contributed by atoms with Crippen molar-refractivity contribution < 1.29 is 9.53 Å². The number of nitrogens with zero attached hydrogens (tertiary/aromatic N) is 2. The van der Waals surface area contributed by atoms with E-state index in [9.17, 15) is 4.79 Å². The second-order valence-electron chi connectivity index (χ2n) is 6.26. The maximum Gasteiger partial charge on any atom is 0.224 e. The zero-order chi connectivity index (χ0) is 15.2. The molecule has 0 bridgehead atoms. The first kappa shape index (κ1) is 15.5. The maximum atomic E-state index is 12.2. The van der Waals surface area contributed by atoms with Crippen molar-refractivity contribution in [3.63, 3.8) is 0 Å². The van der Waals surface area contributed by atoms with Gasteiger partial charge in [-0.25, -0.2) is 0 Å². The third kappa shape index (κ3) is 4.08. The fraction of sp³-hybridized carbons (Fsp3) is 0.750. The molecule has 2 fully saturated rings. The average Bonchev–Trinajstić information content (AvgIpc) is 3.10. The van der Waals surface area contributed by atoms with E-state index >= 15 is 0 Å². The lowest BCUT2D eigenvalue weighted by Crippen LogP contribution is -2.38. The highest BCUT2D eigenvalue weighted by Gasteiger charge is 2.24. The summed E-state index contributed by atoms with van der Waals surface area (Å²) in [6.07, 6.45) is 8.89. The molecule has 1 amide bonds. The third-order valence-corrected chi connectivity index (χ3v) is 4.79. The first-order valence-electron chi connectivity index (χ1n) is 8.41. The quantitative estimate of drug-likeness (QED) is 0.859. The van der Waals surface area contributed by atoms with Crippen molar-refractivity contribution in [2.75, 3.05) is 32.8 Å². The summed E-state index contributed by atoms with van der Waals surface area (Å²) < 4.78 is 5.82. The molecule has 2 N–H and O–H groups in total. The largest absolute Gasteiger partial charge is 0.378 e. The molecular weight excluding hydrogens is 280 g/mol. The molecule has 22 heavy (non-hydrogen) atoms. The number of carbonyl (C=O) groups is 1. The Morgan fingerprint density at radius 2 is 2.05 bits per heavy atom. The molecule has 3 heterocycles. The van der Waals surface area contributed by atoms with Crippen molar-refractivity contribution in [1.29, 1.82) is 0 Å². The van der Waals surface area contributed by atoms with Crippen LogP contribution in [0, 0.1) is 0 Å². The van der Waals surface area contributed by atoms with E-state index in [0.717, 1.165) is 51.9 Å². The molecule has 3 rings (SSSR count). The standard InChI is InChI=1S/C16H26N4O2/c21-16(5-10-22-15-1-6-17-7-2-15)20-8-3-13(4-9-20)14-11-18-19-12-14/h11-13,15,17H,1-10H2,(H,18,19). The lowest BCUT2D eigenvalue weighted by molar-refractivity contribution is -0.134. The van der Waals surface area contributed by atoms with Gasteiger partial charge < -0.3 is 15.0 Å². The van der Waals surface area contributed by atoms with Crippen LogP contribution in [0.25, 0.3) is 0 Å². The van der Waals surface area contributed by atoms with Gasteiger partial charge in [0.1, 0.15) is 0 Å². The second-order valence-corrected chi connectivity index (χ2v) is 6.26. The Bertz CT molecular complexity index is 449. The lowest BCUT2D eigenvalue weighted by atomic mass is 9.91. The van der Waals surface area contributed by atoms with E-state index in [1.165, 1.54) is 5.56 Å². The molecule has 0 atom stereocenters. The summed E-state index contributed by atoms with van der Waals surface area (Å²) in [7, 11) is 0. The highest BCUT2D eigenvalue weighted by molar-refractivity contribution is 5.76. The van der Waals surface area contributed by atoms with E-state index in [0.29, 0.717) is 25.0 Å². The number of rotatable bonds is 5. The number of carbonyl (C=O) groups excluding carboxylic acids is 1. The molecule has 0 unspecified atom stereocenters. The van der Waals surface area contributed by atoms with Crippen LogP contribution < -0.4 is 5.32 Å². The van der Waals surface area contributed by atoms with Gasteiger partial charge in [-0.15, -0.1) is 0 Å². The van der Waals surface area contributed by atoms with E-state index < -0.39 is 0 Å². The minimum Gasteiger partial charge on any atom is -0.378 e. The van der Waals surface area contributed by atoms with E-state index in [2.05, 4.69) is 15.5 Å². The molecule has 1 aromatic rings. The summed E-state index contributed by atoms with van der Waals surface area (Å²) in [5.41, 5.74) is 1.27.